The number of ether oxygens (including phenoxy) is 1. The Labute approximate surface area is 193 Å². The number of aromatic nitrogens is 2. The van der Waals surface area contributed by atoms with Crippen LogP contribution in [0.15, 0.2) is 47.4 Å². The Morgan fingerprint density at radius 1 is 1.18 bits per heavy atom. The number of alkyl halides is 3. The van der Waals surface area contributed by atoms with Crippen molar-refractivity contribution < 1.29 is 36.2 Å². The predicted octanol–water partition coefficient (Wildman–Crippen LogP) is 3.57. The van der Waals surface area contributed by atoms with Gasteiger partial charge in [0.15, 0.2) is 0 Å². The molecule has 0 radical (unpaired) electrons. The first-order chi connectivity index (χ1) is 15.9. The van der Waals surface area contributed by atoms with Crippen molar-refractivity contribution in [2.75, 3.05) is 20.2 Å². The zero-order chi connectivity index (χ0) is 24.8. The number of fused-ring (bicyclic) bond motifs is 1. The summed E-state index contributed by atoms with van der Waals surface area (Å²) >= 11 is 0. The third kappa shape index (κ3) is 4.34. The van der Waals surface area contributed by atoms with Gasteiger partial charge in [0, 0.05) is 18.5 Å². The first-order valence-electron chi connectivity index (χ1n) is 10.4. The SMILES string of the molecule is COc1ccc(S(=O)(=O)N2C[C@@H](C)[C@@H](n3nc(CC(=O)O)c4ccc(C(F)(F)F)cc43)C2)cc1. The maximum Gasteiger partial charge on any atom is 0.416 e. The number of aliphatic carboxylic acids is 1. The van der Waals surface area contributed by atoms with Gasteiger partial charge >= 0.3 is 12.1 Å². The molecule has 0 saturated carbocycles. The molecule has 1 saturated heterocycles. The molecule has 0 aliphatic carbocycles. The fraction of sp³-hybridized carbons (Fsp3) is 0.364. The molecule has 1 N–H and O–H groups in total. The van der Waals surface area contributed by atoms with Crippen molar-refractivity contribution in [3.05, 3.63) is 53.7 Å². The van der Waals surface area contributed by atoms with Gasteiger partial charge in [0.2, 0.25) is 10.0 Å². The van der Waals surface area contributed by atoms with Crippen LogP contribution < -0.4 is 4.74 Å². The van der Waals surface area contributed by atoms with E-state index in [4.69, 9.17) is 4.74 Å². The molecule has 2 heterocycles. The van der Waals surface area contributed by atoms with Crippen molar-refractivity contribution in [3.8, 4) is 5.75 Å². The van der Waals surface area contributed by atoms with Crippen LogP contribution in [0.5, 0.6) is 5.75 Å². The highest BCUT2D eigenvalue weighted by atomic mass is 32.2. The van der Waals surface area contributed by atoms with Crippen molar-refractivity contribution in [1.82, 2.24) is 14.1 Å². The molecule has 3 aromatic rings. The molecular weight excluding hydrogens is 475 g/mol. The van der Waals surface area contributed by atoms with E-state index in [1.807, 2.05) is 0 Å². The zero-order valence-electron chi connectivity index (χ0n) is 18.3. The highest BCUT2D eigenvalue weighted by Crippen LogP contribution is 2.37. The third-order valence-electron chi connectivity index (χ3n) is 5.98. The topological polar surface area (TPSA) is 102 Å². The lowest BCUT2D eigenvalue weighted by Crippen LogP contribution is -2.29. The van der Waals surface area contributed by atoms with Crippen molar-refractivity contribution in [2.24, 2.45) is 5.92 Å². The molecule has 12 heteroatoms. The number of carboxylic acids is 1. The molecule has 1 fully saturated rings. The highest BCUT2D eigenvalue weighted by molar-refractivity contribution is 7.89. The number of carboxylic acid groups (broad SMARTS) is 1. The molecule has 2 atom stereocenters. The van der Waals surface area contributed by atoms with Gasteiger partial charge in [0.1, 0.15) is 5.75 Å². The molecule has 8 nitrogen and oxygen atoms in total. The number of nitrogens with zero attached hydrogens (tertiary/aromatic N) is 3. The Bertz CT molecular complexity index is 1340. The van der Waals surface area contributed by atoms with Crippen LogP contribution >= 0.6 is 0 Å². The van der Waals surface area contributed by atoms with E-state index in [2.05, 4.69) is 5.10 Å². The van der Waals surface area contributed by atoms with Gasteiger partial charge in [-0.05, 0) is 42.3 Å². The number of carbonyl (C=O) groups is 1. The van der Waals surface area contributed by atoms with E-state index in [9.17, 15) is 31.5 Å². The Kier molecular flexibility index (Phi) is 6.06. The van der Waals surface area contributed by atoms with Crippen LogP contribution in [-0.2, 0) is 27.4 Å². The van der Waals surface area contributed by atoms with Crippen molar-refractivity contribution >= 4 is 26.9 Å². The number of halogens is 3. The summed E-state index contributed by atoms with van der Waals surface area (Å²) in [5.74, 6) is -0.959. The summed E-state index contributed by atoms with van der Waals surface area (Å²) < 4.78 is 74.1. The molecule has 0 unspecified atom stereocenters. The molecule has 4 rings (SSSR count). The maximum absolute atomic E-state index is 13.4. The largest absolute Gasteiger partial charge is 0.497 e. The van der Waals surface area contributed by atoms with Gasteiger partial charge in [-0.15, -0.1) is 0 Å². The Morgan fingerprint density at radius 2 is 1.85 bits per heavy atom. The molecule has 0 bridgehead atoms. The second-order valence-corrected chi connectivity index (χ2v) is 10.2. The summed E-state index contributed by atoms with van der Waals surface area (Å²) in [4.78, 5) is 11.4. The lowest BCUT2D eigenvalue weighted by molar-refractivity contribution is -0.138. The minimum absolute atomic E-state index is 0.0188. The van der Waals surface area contributed by atoms with Gasteiger partial charge in [-0.25, -0.2) is 8.42 Å². The van der Waals surface area contributed by atoms with Gasteiger partial charge < -0.3 is 9.84 Å². The maximum atomic E-state index is 13.4. The average molecular weight is 497 g/mol. The third-order valence-corrected chi connectivity index (χ3v) is 7.83. The van der Waals surface area contributed by atoms with E-state index in [0.717, 1.165) is 12.1 Å². The van der Waals surface area contributed by atoms with Crippen LogP contribution in [0.3, 0.4) is 0 Å². The van der Waals surface area contributed by atoms with E-state index in [-0.39, 0.29) is 35.1 Å². The quantitative estimate of drug-likeness (QED) is 0.559. The van der Waals surface area contributed by atoms with Crippen molar-refractivity contribution in [1.29, 1.82) is 0 Å². The summed E-state index contributed by atoms with van der Waals surface area (Å²) in [5, 5.41) is 13.8. The fourth-order valence-electron chi connectivity index (χ4n) is 4.22. The van der Waals surface area contributed by atoms with Gasteiger partial charge in [0.25, 0.3) is 0 Å². The van der Waals surface area contributed by atoms with Crippen LogP contribution in [0, 0.1) is 5.92 Å². The second-order valence-electron chi connectivity index (χ2n) is 8.23. The molecule has 182 valence electrons. The molecule has 34 heavy (non-hydrogen) atoms. The number of methoxy groups -OCH3 is 1. The molecular formula is C22H22F3N3O5S. The number of rotatable bonds is 6. The van der Waals surface area contributed by atoms with Gasteiger partial charge in [-0.3, -0.25) is 9.48 Å². The van der Waals surface area contributed by atoms with E-state index < -0.39 is 40.2 Å². The predicted molar refractivity (Wildman–Crippen MR) is 116 cm³/mol. The minimum Gasteiger partial charge on any atom is -0.497 e. The standard InChI is InChI=1S/C22H22F3N3O5S/c1-13-11-27(34(31,32)16-6-4-15(33-2)5-7-16)12-20(13)28-19-9-14(22(23,24)25)3-8-17(19)18(26-28)10-21(29)30/h3-9,13,20H,10-12H2,1-2H3,(H,29,30)/t13-,20+/m1/s1. The number of hydrogen-bond donors (Lipinski definition) is 1. The van der Waals surface area contributed by atoms with Crippen molar-refractivity contribution in [2.45, 2.75) is 30.5 Å². The van der Waals surface area contributed by atoms with Crippen LogP contribution in [0.2, 0.25) is 0 Å². The number of sulfonamides is 1. The first kappa shape index (κ1) is 24.0. The second kappa shape index (κ2) is 8.58. The molecule has 0 spiro atoms. The summed E-state index contributed by atoms with van der Waals surface area (Å²) in [6.07, 6.45) is -5.06. The lowest BCUT2D eigenvalue weighted by Gasteiger charge is -2.18. The van der Waals surface area contributed by atoms with Crippen LogP contribution in [0.25, 0.3) is 10.9 Å². The van der Waals surface area contributed by atoms with E-state index in [1.165, 1.54) is 46.4 Å². The first-order valence-corrected chi connectivity index (χ1v) is 11.8. The molecule has 1 aliphatic rings. The van der Waals surface area contributed by atoms with Crippen LogP contribution in [0.4, 0.5) is 13.2 Å². The molecule has 1 aromatic heterocycles. The van der Waals surface area contributed by atoms with Gasteiger partial charge in [-0.1, -0.05) is 13.0 Å². The van der Waals surface area contributed by atoms with Crippen LogP contribution in [-0.4, -0.2) is 53.8 Å². The molecule has 2 aromatic carbocycles. The van der Waals surface area contributed by atoms with Gasteiger partial charge in [-0.2, -0.15) is 22.6 Å². The fourth-order valence-corrected chi connectivity index (χ4v) is 5.78. The Hall–Kier alpha value is -3.12. The average Bonchev–Trinajstić information content (AvgIpc) is 3.33. The van der Waals surface area contributed by atoms with Gasteiger partial charge in [0.05, 0.1) is 41.2 Å². The molecule has 1 aliphatic heterocycles. The zero-order valence-corrected chi connectivity index (χ0v) is 19.1. The summed E-state index contributed by atoms with van der Waals surface area (Å²) in [5.41, 5.74) is -0.650. The monoisotopic (exact) mass is 497 g/mol. The smallest absolute Gasteiger partial charge is 0.416 e. The summed E-state index contributed by atoms with van der Waals surface area (Å²) in [6, 6.07) is 8.36. The Balaban J connectivity index is 1.74. The molecule has 0 amide bonds. The minimum atomic E-state index is -4.60. The lowest BCUT2D eigenvalue weighted by atomic mass is 10.1. The van der Waals surface area contributed by atoms with Crippen molar-refractivity contribution in [3.63, 3.8) is 0 Å². The van der Waals surface area contributed by atoms with Crippen LogP contribution in [0.1, 0.15) is 24.2 Å². The summed E-state index contributed by atoms with van der Waals surface area (Å²) in [7, 11) is -2.41. The number of benzene rings is 2. The number of hydrogen-bond acceptors (Lipinski definition) is 5. The highest BCUT2D eigenvalue weighted by Gasteiger charge is 2.40. The Morgan fingerprint density at radius 3 is 2.44 bits per heavy atom. The van der Waals surface area contributed by atoms with E-state index in [1.54, 1.807) is 6.92 Å². The summed E-state index contributed by atoms with van der Waals surface area (Å²) in [6.45, 7) is 1.90. The normalized spacial score (nSPS) is 19.6. The van der Waals surface area contributed by atoms with E-state index in [0.29, 0.717) is 11.1 Å². The van der Waals surface area contributed by atoms with E-state index >= 15 is 0 Å².